The Bertz CT molecular complexity index is 1080. The van der Waals surface area contributed by atoms with Gasteiger partial charge in [-0.3, -0.25) is 9.59 Å². The number of thiazole rings is 1. The summed E-state index contributed by atoms with van der Waals surface area (Å²) in [6.45, 7) is 0. The summed E-state index contributed by atoms with van der Waals surface area (Å²) in [6.07, 6.45) is 4.22. The number of ketones is 1. The van der Waals surface area contributed by atoms with E-state index in [2.05, 4.69) is 15.9 Å². The van der Waals surface area contributed by atoms with Crippen molar-refractivity contribution in [3.05, 3.63) is 77.8 Å². The second-order valence-electron chi connectivity index (χ2n) is 4.96. The molecule has 3 rings (SSSR count). The van der Waals surface area contributed by atoms with Gasteiger partial charge in [0.05, 0.1) is 10.8 Å². The van der Waals surface area contributed by atoms with Gasteiger partial charge in [0.15, 0.2) is 5.76 Å². The van der Waals surface area contributed by atoms with Crippen LogP contribution in [0.1, 0.15) is 16.1 Å². The molecule has 0 fully saturated rings. The van der Waals surface area contributed by atoms with Crippen LogP contribution in [-0.4, -0.2) is 10.4 Å². The molecule has 0 saturated carbocycles. The highest BCUT2D eigenvalue weighted by Crippen LogP contribution is 2.15. The zero-order chi connectivity index (χ0) is 17.3. The number of Topliss-reactive ketones (excluding diaryl/α,β-unsaturated/α-hetero) is 1. The average molecular weight is 408 g/mol. The van der Waals surface area contributed by atoms with Gasteiger partial charge in [-0.25, -0.2) is 4.39 Å². The van der Waals surface area contributed by atoms with Gasteiger partial charge in [0.1, 0.15) is 10.5 Å². The largest absolute Gasteiger partial charge is 0.461 e. The first-order valence-corrected chi connectivity index (χ1v) is 8.49. The Morgan fingerprint density at radius 1 is 1.38 bits per heavy atom. The fourth-order valence-corrected chi connectivity index (χ4v) is 3.42. The number of hydrogen-bond acceptors (Lipinski definition) is 4. The second kappa shape index (κ2) is 6.70. The van der Waals surface area contributed by atoms with Gasteiger partial charge < -0.3 is 8.98 Å². The normalized spacial score (nSPS) is 12.8. The van der Waals surface area contributed by atoms with Gasteiger partial charge in [-0.1, -0.05) is 22.0 Å². The van der Waals surface area contributed by atoms with Gasteiger partial charge in [0, 0.05) is 23.2 Å². The number of carbonyl (C=O) groups is 1. The summed E-state index contributed by atoms with van der Waals surface area (Å²) in [5.74, 6) is -0.574. The fraction of sp³-hybridized carbons (Fsp3) is 0.0588. The summed E-state index contributed by atoms with van der Waals surface area (Å²) in [5.41, 5.74) is 0.0156. The molecule has 1 aromatic carbocycles. The van der Waals surface area contributed by atoms with Gasteiger partial charge in [-0.2, -0.15) is 0 Å². The van der Waals surface area contributed by atoms with Crippen LogP contribution in [-0.2, 0) is 7.05 Å². The molecule has 0 spiro atoms. The highest BCUT2D eigenvalue weighted by atomic mass is 79.9. The Kier molecular flexibility index (Phi) is 4.64. The Morgan fingerprint density at radius 2 is 2.17 bits per heavy atom. The van der Waals surface area contributed by atoms with Crippen molar-refractivity contribution in [3.8, 4) is 0 Å². The lowest BCUT2D eigenvalue weighted by Crippen LogP contribution is -2.29. The highest BCUT2D eigenvalue weighted by Gasteiger charge is 2.08. The smallest absolute Gasteiger partial charge is 0.268 e. The van der Waals surface area contributed by atoms with E-state index in [1.54, 1.807) is 31.3 Å². The lowest BCUT2D eigenvalue weighted by atomic mass is 10.2. The Hall–Kier alpha value is -2.25. The number of carbonyl (C=O) groups excluding carboxylic acids is 1. The Morgan fingerprint density at radius 3 is 2.83 bits per heavy atom. The van der Waals surface area contributed by atoms with Crippen LogP contribution in [0.3, 0.4) is 0 Å². The monoisotopic (exact) mass is 407 g/mol. The number of rotatable bonds is 3. The molecular weight excluding hydrogens is 397 g/mol. The van der Waals surface area contributed by atoms with Crippen LogP contribution < -0.4 is 14.8 Å². The van der Waals surface area contributed by atoms with E-state index in [4.69, 9.17) is 4.42 Å². The van der Waals surface area contributed by atoms with E-state index < -0.39 is 5.82 Å². The Labute approximate surface area is 148 Å². The maximum absolute atomic E-state index is 13.9. The minimum atomic E-state index is -0.433. The van der Waals surface area contributed by atoms with E-state index in [1.165, 1.54) is 29.0 Å². The molecule has 122 valence electrons. The molecule has 0 aliphatic rings. The SMILES string of the molecule is Cn1c(=O)/c(=C/c2ccc(Br)cc2F)s/c1=C\C(=O)c1ccco1. The van der Waals surface area contributed by atoms with Crippen LogP contribution in [0.25, 0.3) is 12.2 Å². The standard InChI is InChI=1S/C17H11BrFNO3S/c1-20-16(9-13(21)14-3-2-6-23-14)24-15(17(20)22)7-10-4-5-11(18)8-12(10)19/h2-9H,1H3/b15-7-,16-9-. The molecule has 3 aromatic rings. The molecular formula is C17H11BrFNO3S. The minimum Gasteiger partial charge on any atom is -0.461 e. The van der Waals surface area contributed by atoms with E-state index in [0.717, 1.165) is 11.3 Å². The average Bonchev–Trinajstić information content (AvgIpc) is 3.16. The van der Waals surface area contributed by atoms with Crippen molar-refractivity contribution in [2.24, 2.45) is 7.05 Å². The number of nitrogens with zero attached hydrogens (tertiary/aromatic N) is 1. The van der Waals surface area contributed by atoms with Crippen molar-refractivity contribution in [2.75, 3.05) is 0 Å². The van der Waals surface area contributed by atoms with E-state index >= 15 is 0 Å². The van der Waals surface area contributed by atoms with Crippen molar-refractivity contribution < 1.29 is 13.6 Å². The highest BCUT2D eigenvalue weighted by molar-refractivity contribution is 9.10. The quantitative estimate of drug-likeness (QED) is 0.626. The molecule has 0 unspecified atom stereocenters. The van der Waals surface area contributed by atoms with Crippen molar-refractivity contribution in [2.45, 2.75) is 0 Å². The second-order valence-corrected chi connectivity index (χ2v) is 6.94. The Balaban J connectivity index is 2.11. The van der Waals surface area contributed by atoms with E-state index in [9.17, 15) is 14.0 Å². The third-order valence-electron chi connectivity index (χ3n) is 3.33. The molecule has 2 heterocycles. The van der Waals surface area contributed by atoms with Crippen molar-refractivity contribution in [1.82, 2.24) is 4.57 Å². The molecule has 0 amide bonds. The van der Waals surface area contributed by atoms with Crippen LogP contribution >= 0.6 is 27.3 Å². The molecule has 0 bridgehead atoms. The van der Waals surface area contributed by atoms with E-state index in [1.807, 2.05) is 0 Å². The van der Waals surface area contributed by atoms with Gasteiger partial charge in [-0.05, 0) is 30.3 Å². The molecule has 0 saturated heterocycles. The predicted molar refractivity (Wildman–Crippen MR) is 94.0 cm³/mol. The summed E-state index contributed by atoms with van der Waals surface area (Å²) in [7, 11) is 1.56. The van der Waals surface area contributed by atoms with Gasteiger partial charge in [0.25, 0.3) is 5.56 Å². The lowest BCUT2D eigenvalue weighted by Gasteiger charge is -1.95. The first-order valence-electron chi connectivity index (χ1n) is 6.88. The predicted octanol–water partition coefficient (Wildman–Crippen LogP) is 2.43. The van der Waals surface area contributed by atoms with Gasteiger partial charge in [0.2, 0.25) is 5.78 Å². The number of hydrogen-bond donors (Lipinski definition) is 0. The molecule has 0 N–H and O–H groups in total. The zero-order valence-electron chi connectivity index (χ0n) is 12.5. The first kappa shape index (κ1) is 16.6. The molecule has 0 aliphatic carbocycles. The number of aromatic nitrogens is 1. The molecule has 2 aromatic heterocycles. The van der Waals surface area contributed by atoms with Crippen LogP contribution in [0.15, 0.2) is 50.3 Å². The summed E-state index contributed by atoms with van der Waals surface area (Å²) in [5, 5.41) is 0. The molecule has 0 radical (unpaired) electrons. The first-order chi connectivity index (χ1) is 11.5. The van der Waals surface area contributed by atoms with Crippen LogP contribution in [0.2, 0.25) is 0 Å². The zero-order valence-corrected chi connectivity index (χ0v) is 14.9. The molecule has 0 atom stereocenters. The molecule has 4 nitrogen and oxygen atoms in total. The van der Waals surface area contributed by atoms with Gasteiger partial charge >= 0.3 is 0 Å². The summed E-state index contributed by atoms with van der Waals surface area (Å²) in [4.78, 5) is 24.4. The lowest BCUT2D eigenvalue weighted by molar-refractivity contribution is 0.103. The number of halogens is 2. The minimum absolute atomic E-state index is 0.195. The third-order valence-corrected chi connectivity index (χ3v) is 4.93. The van der Waals surface area contributed by atoms with Gasteiger partial charge in [-0.15, -0.1) is 11.3 Å². The van der Waals surface area contributed by atoms with Crippen molar-refractivity contribution >= 4 is 45.2 Å². The maximum Gasteiger partial charge on any atom is 0.268 e. The molecule has 0 aliphatic heterocycles. The van der Waals surface area contributed by atoms with E-state index in [-0.39, 0.29) is 17.1 Å². The third kappa shape index (κ3) is 3.32. The summed E-state index contributed by atoms with van der Waals surface area (Å²) >= 11 is 4.31. The van der Waals surface area contributed by atoms with Crippen molar-refractivity contribution in [1.29, 1.82) is 0 Å². The molecule has 7 heteroatoms. The summed E-state index contributed by atoms with van der Waals surface area (Å²) < 4.78 is 21.8. The summed E-state index contributed by atoms with van der Waals surface area (Å²) in [6, 6.07) is 7.77. The van der Waals surface area contributed by atoms with Crippen LogP contribution in [0.4, 0.5) is 4.39 Å². The van der Waals surface area contributed by atoms with Crippen LogP contribution in [0, 0.1) is 5.82 Å². The van der Waals surface area contributed by atoms with Crippen LogP contribution in [0.5, 0.6) is 0 Å². The topological polar surface area (TPSA) is 52.2 Å². The van der Waals surface area contributed by atoms with Crippen molar-refractivity contribution in [3.63, 3.8) is 0 Å². The number of benzene rings is 1. The maximum atomic E-state index is 13.9. The fourth-order valence-electron chi connectivity index (χ4n) is 2.07. The number of furan rings is 1. The van der Waals surface area contributed by atoms with E-state index in [0.29, 0.717) is 19.2 Å². The molecule has 24 heavy (non-hydrogen) atoms.